The lowest BCUT2D eigenvalue weighted by Crippen LogP contribution is -2.53. The van der Waals surface area contributed by atoms with Crippen LogP contribution in [0.1, 0.15) is 33.3 Å². The zero-order valence-electron chi connectivity index (χ0n) is 12.6. The smallest absolute Gasteiger partial charge is 0.444 e. The zero-order valence-corrected chi connectivity index (χ0v) is 12.6. The van der Waals surface area contributed by atoms with E-state index in [2.05, 4.69) is 5.32 Å². The van der Waals surface area contributed by atoms with Crippen molar-refractivity contribution in [3.63, 3.8) is 0 Å². The number of cyclic esters (lactones) is 1. The van der Waals surface area contributed by atoms with Crippen molar-refractivity contribution in [2.45, 2.75) is 45.5 Å². The van der Waals surface area contributed by atoms with Gasteiger partial charge in [-0.05, 0) is 39.2 Å². The van der Waals surface area contributed by atoms with Crippen molar-refractivity contribution in [1.82, 2.24) is 0 Å². The lowest BCUT2D eigenvalue weighted by molar-refractivity contribution is -0.0982. The first-order chi connectivity index (χ1) is 9.60. The van der Waals surface area contributed by atoms with Gasteiger partial charge in [-0.25, -0.2) is 4.79 Å². The number of rotatable bonds is 4. The van der Waals surface area contributed by atoms with Gasteiger partial charge in [0.2, 0.25) is 0 Å². The number of benzene rings is 1. The Hall–Kier alpha value is -1.57. The molecule has 7 heteroatoms. The number of carbonyl (C=O) groups excluding carboxylic acids is 1. The molecule has 1 aliphatic heterocycles. The van der Waals surface area contributed by atoms with E-state index in [9.17, 15) is 14.9 Å². The van der Waals surface area contributed by atoms with Gasteiger partial charge in [-0.2, -0.15) is 0 Å². The van der Waals surface area contributed by atoms with E-state index >= 15 is 0 Å². The first kappa shape index (κ1) is 15.8. The van der Waals surface area contributed by atoms with Crippen LogP contribution in [0.25, 0.3) is 0 Å². The molecule has 6 nitrogen and oxygen atoms in total. The molecule has 0 radical (unpaired) electrons. The molecule has 0 unspecified atom stereocenters. The maximum Gasteiger partial charge on any atom is 0.491 e. The minimum atomic E-state index is -1.21. The molecule has 0 saturated heterocycles. The summed E-state index contributed by atoms with van der Waals surface area (Å²) in [7, 11) is -1.21. The topological polar surface area (TPSA) is 88.0 Å². The van der Waals surface area contributed by atoms with E-state index < -0.39 is 24.4 Å². The average Bonchev–Trinajstić information content (AvgIpc) is 2.35. The number of ether oxygens (including phenoxy) is 1. The van der Waals surface area contributed by atoms with Crippen molar-refractivity contribution in [1.29, 1.82) is 0 Å². The summed E-state index contributed by atoms with van der Waals surface area (Å²) < 4.78 is 10.4. The van der Waals surface area contributed by atoms with Gasteiger partial charge in [-0.3, -0.25) is 5.32 Å². The third-order valence-electron chi connectivity index (χ3n) is 3.89. The van der Waals surface area contributed by atoms with E-state index in [1.54, 1.807) is 45.9 Å². The first-order valence-electron chi connectivity index (χ1n) is 6.75. The van der Waals surface area contributed by atoms with Gasteiger partial charge in [0.15, 0.2) is 0 Å². The summed E-state index contributed by atoms with van der Waals surface area (Å²) in [5.74, 6) is 0. The second kappa shape index (κ2) is 5.33. The van der Waals surface area contributed by atoms with Crippen LogP contribution in [0.5, 0.6) is 0 Å². The predicted octanol–water partition coefficient (Wildman–Crippen LogP) is 1.00. The molecule has 0 aromatic heterocycles. The van der Waals surface area contributed by atoms with Crippen LogP contribution in [0.2, 0.25) is 0 Å². The molecule has 0 saturated carbocycles. The highest BCUT2D eigenvalue weighted by molar-refractivity contribution is 6.60. The second-order valence-corrected chi connectivity index (χ2v) is 6.16. The van der Waals surface area contributed by atoms with Crippen LogP contribution in [0.15, 0.2) is 18.2 Å². The Kier molecular flexibility index (Phi) is 4.01. The molecular weight excluding hydrogens is 273 g/mol. The molecule has 1 aromatic rings. The van der Waals surface area contributed by atoms with Gasteiger partial charge in [0.05, 0.1) is 16.9 Å². The Morgan fingerprint density at radius 1 is 1.33 bits per heavy atom. The summed E-state index contributed by atoms with van der Waals surface area (Å²) in [6.45, 7) is 6.83. The van der Waals surface area contributed by atoms with Crippen LogP contribution in [-0.4, -0.2) is 34.5 Å². The highest BCUT2D eigenvalue weighted by Gasteiger charge is 2.39. The van der Waals surface area contributed by atoms with Gasteiger partial charge < -0.3 is 19.5 Å². The van der Waals surface area contributed by atoms with Gasteiger partial charge in [-0.1, -0.05) is 12.1 Å². The highest BCUT2D eigenvalue weighted by Crippen LogP contribution is 2.26. The van der Waals surface area contributed by atoms with E-state index in [-0.39, 0.29) is 6.61 Å². The lowest BCUT2D eigenvalue weighted by atomic mass is 9.76. The minimum absolute atomic E-state index is 0.202. The molecule has 114 valence electrons. The van der Waals surface area contributed by atoms with Crippen LogP contribution >= 0.6 is 0 Å². The number of amides is 1. The molecule has 0 atom stereocenters. The first-order valence-corrected chi connectivity index (χ1v) is 6.75. The average molecular weight is 293 g/mol. The van der Waals surface area contributed by atoms with Crippen LogP contribution < -0.4 is 10.8 Å². The Balaban J connectivity index is 2.19. The van der Waals surface area contributed by atoms with E-state index in [1.807, 2.05) is 0 Å². The number of hydrogen-bond acceptors (Lipinski definition) is 5. The molecule has 0 aliphatic carbocycles. The van der Waals surface area contributed by atoms with E-state index in [1.165, 1.54) is 0 Å². The summed E-state index contributed by atoms with van der Waals surface area (Å²) in [5.41, 5.74) is -0.160. The van der Waals surface area contributed by atoms with Crippen molar-refractivity contribution in [3.8, 4) is 0 Å². The second-order valence-electron chi connectivity index (χ2n) is 6.16. The van der Waals surface area contributed by atoms with Crippen molar-refractivity contribution in [3.05, 3.63) is 23.8 Å². The van der Waals surface area contributed by atoms with E-state index in [4.69, 9.17) is 9.39 Å². The summed E-state index contributed by atoms with van der Waals surface area (Å²) in [6, 6.07) is 5.10. The van der Waals surface area contributed by atoms with Gasteiger partial charge in [0.25, 0.3) is 0 Å². The molecular formula is C14H20BNO5. The van der Waals surface area contributed by atoms with Gasteiger partial charge in [0.1, 0.15) is 6.61 Å². The molecule has 0 spiro atoms. The monoisotopic (exact) mass is 293 g/mol. The van der Waals surface area contributed by atoms with E-state index in [0.29, 0.717) is 11.2 Å². The number of anilines is 1. The maximum absolute atomic E-state index is 11.2. The molecule has 1 aromatic carbocycles. The lowest BCUT2D eigenvalue weighted by Gasteiger charge is -2.38. The molecule has 3 N–H and O–H groups in total. The number of nitrogens with one attached hydrogen (secondary N) is 1. The number of aliphatic hydroxyl groups is 1. The molecule has 21 heavy (non-hydrogen) atoms. The van der Waals surface area contributed by atoms with E-state index in [0.717, 1.165) is 5.56 Å². The third-order valence-corrected chi connectivity index (χ3v) is 3.89. The van der Waals surface area contributed by atoms with Crippen molar-refractivity contribution in [2.24, 2.45) is 0 Å². The largest absolute Gasteiger partial charge is 0.491 e. The third kappa shape index (κ3) is 3.37. The Morgan fingerprint density at radius 2 is 2.00 bits per heavy atom. The molecule has 1 heterocycles. The van der Waals surface area contributed by atoms with Gasteiger partial charge in [0, 0.05) is 5.56 Å². The number of hydrogen-bond donors (Lipinski definition) is 3. The summed E-state index contributed by atoms with van der Waals surface area (Å²) >= 11 is 0. The Labute approximate surface area is 124 Å². The number of carbonyl (C=O) groups is 1. The van der Waals surface area contributed by atoms with Crippen LogP contribution in [0, 0.1) is 0 Å². The molecule has 0 bridgehead atoms. The van der Waals surface area contributed by atoms with Crippen LogP contribution in [0.3, 0.4) is 0 Å². The highest BCUT2D eigenvalue weighted by atomic mass is 16.6. The SMILES string of the molecule is CC(C)(O)C(C)(C)OB(O)c1ccc2c(c1)NC(=O)OC2. The normalized spacial score (nSPS) is 15.0. The Morgan fingerprint density at radius 3 is 2.62 bits per heavy atom. The van der Waals surface area contributed by atoms with Gasteiger partial charge >= 0.3 is 13.2 Å². The molecule has 1 amide bonds. The van der Waals surface area contributed by atoms with Crippen molar-refractivity contribution in [2.75, 3.05) is 5.32 Å². The standard InChI is InChI=1S/C14H20BNO5/c1-13(2,18)14(3,4)21-15(19)10-6-5-9-8-20-12(17)16-11(9)7-10/h5-7,18-19H,8H2,1-4H3,(H,16,17). The molecule has 2 rings (SSSR count). The zero-order chi connectivity index (χ0) is 15.8. The Bertz CT molecular complexity index is 553. The predicted molar refractivity (Wildman–Crippen MR) is 79.3 cm³/mol. The fourth-order valence-electron chi connectivity index (χ4n) is 1.77. The fraction of sp³-hybridized carbons (Fsp3) is 0.500. The van der Waals surface area contributed by atoms with Crippen LogP contribution in [0.4, 0.5) is 10.5 Å². The van der Waals surface area contributed by atoms with Gasteiger partial charge in [-0.15, -0.1) is 0 Å². The molecule has 1 aliphatic rings. The number of fused-ring (bicyclic) bond motifs is 1. The summed E-state index contributed by atoms with van der Waals surface area (Å²) in [4.78, 5) is 11.2. The minimum Gasteiger partial charge on any atom is -0.444 e. The fourth-order valence-corrected chi connectivity index (χ4v) is 1.77. The maximum atomic E-state index is 11.2. The van der Waals surface area contributed by atoms with Crippen molar-refractivity contribution < 1.29 is 24.3 Å². The summed E-state index contributed by atoms with van der Waals surface area (Å²) in [6.07, 6.45) is -0.521. The quantitative estimate of drug-likeness (QED) is 0.721. The van der Waals surface area contributed by atoms with Crippen molar-refractivity contribution >= 4 is 24.4 Å². The summed E-state index contributed by atoms with van der Waals surface area (Å²) in [5, 5.41) is 22.8. The molecule has 0 fully saturated rings. The van der Waals surface area contributed by atoms with Crippen LogP contribution in [-0.2, 0) is 16.0 Å².